The number of rotatable bonds is 5. The Kier molecular flexibility index (Phi) is 4.95. The van der Waals surface area contributed by atoms with E-state index in [9.17, 15) is 8.42 Å². The normalized spacial score (nSPS) is 18.8. The van der Waals surface area contributed by atoms with E-state index in [0.29, 0.717) is 9.92 Å². The van der Waals surface area contributed by atoms with Crippen LogP contribution in [0.4, 0.5) is 0 Å². The van der Waals surface area contributed by atoms with Crippen molar-refractivity contribution in [1.82, 2.24) is 9.88 Å². The molecule has 1 aromatic carbocycles. The molecule has 1 atom stereocenters. The predicted molar refractivity (Wildman–Crippen MR) is 96.2 cm³/mol. The molecule has 128 valence electrons. The maximum absolute atomic E-state index is 12.3. The van der Waals surface area contributed by atoms with Crippen molar-refractivity contribution in [3.05, 3.63) is 58.4 Å². The molecule has 0 bridgehead atoms. The fourth-order valence-corrected chi connectivity index (χ4v) is 5.29. The van der Waals surface area contributed by atoms with Gasteiger partial charge >= 0.3 is 0 Å². The van der Waals surface area contributed by atoms with Gasteiger partial charge in [0.1, 0.15) is 0 Å². The van der Waals surface area contributed by atoms with E-state index < -0.39 is 9.84 Å². The van der Waals surface area contributed by atoms with E-state index in [1.807, 2.05) is 19.3 Å². The number of sulfone groups is 1. The zero-order chi connectivity index (χ0) is 17.3. The quantitative estimate of drug-likeness (QED) is 0.815. The van der Waals surface area contributed by atoms with Crippen LogP contribution in [0.5, 0.6) is 0 Å². The Bertz CT molecular complexity index is 852. The van der Waals surface area contributed by atoms with Gasteiger partial charge in [0.05, 0.1) is 16.7 Å². The molecule has 0 aliphatic carbocycles. The van der Waals surface area contributed by atoms with Gasteiger partial charge in [-0.1, -0.05) is 11.6 Å². The number of hydrogen-bond donors (Lipinski definition) is 0. The third kappa shape index (κ3) is 3.48. The summed E-state index contributed by atoms with van der Waals surface area (Å²) in [5.74, 6) is 0.130. The molecule has 1 aliphatic rings. The number of halogens is 1. The van der Waals surface area contributed by atoms with Gasteiger partial charge in [-0.05, 0) is 74.3 Å². The second-order valence-corrected chi connectivity index (χ2v) is 8.80. The van der Waals surface area contributed by atoms with Crippen LogP contribution in [-0.4, -0.2) is 37.6 Å². The van der Waals surface area contributed by atoms with Crippen molar-refractivity contribution in [2.75, 3.05) is 19.3 Å². The molecular formula is C18H21ClN2O2S. The molecule has 6 heteroatoms. The summed E-state index contributed by atoms with van der Waals surface area (Å²) in [6.07, 6.45) is 5.60. The number of pyridine rings is 1. The summed E-state index contributed by atoms with van der Waals surface area (Å²) >= 11 is 6.07. The summed E-state index contributed by atoms with van der Waals surface area (Å²) in [6.45, 7) is 2.91. The molecule has 0 saturated heterocycles. The molecule has 0 amide bonds. The van der Waals surface area contributed by atoms with Crippen molar-refractivity contribution >= 4 is 21.4 Å². The lowest BCUT2D eigenvalue weighted by atomic mass is 10.0. The monoisotopic (exact) mass is 364 g/mol. The van der Waals surface area contributed by atoms with Crippen LogP contribution in [0.2, 0.25) is 5.02 Å². The van der Waals surface area contributed by atoms with Crippen molar-refractivity contribution in [3.8, 4) is 0 Å². The average molecular weight is 365 g/mol. The van der Waals surface area contributed by atoms with Gasteiger partial charge in [0.2, 0.25) is 0 Å². The number of fused-ring (bicyclic) bond motifs is 1. The van der Waals surface area contributed by atoms with Crippen molar-refractivity contribution < 1.29 is 8.42 Å². The maximum atomic E-state index is 12.3. The van der Waals surface area contributed by atoms with E-state index in [0.717, 1.165) is 24.9 Å². The van der Waals surface area contributed by atoms with E-state index >= 15 is 0 Å². The van der Waals surface area contributed by atoms with Gasteiger partial charge in [-0.2, -0.15) is 0 Å². The van der Waals surface area contributed by atoms with E-state index in [4.69, 9.17) is 11.6 Å². The number of nitrogens with zero attached hydrogens (tertiary/aromatic N) is 2. The summed E-state index contributed by atoms with van der Waals surface area (Å²) in [5.41, 5.74) is 3.31. The van der Waals surface area contributed by atoms with E-state index in [1.165, 1.54) is 11.1 Å². The van der Waals surface area contributed by atoms with Crippen molar-refractivity contribution in [3.63, 3.8) is 0 Å². The Morgan fingerprint density at radius 3 is 2.88 bits per heavy atom. The number of aromatic nitrogens is 1. The van der Waals surface area contributed by atoms with Gasteiger partial charge in [-0.25, -0.2) is 8.42 Å². The molecule has 1 aliphatic heterocycles. The van der Waals surface area contributed by atoms with Crippen LogP contribution in [0.25, 0.3) is 0 Å². The van der Waals surface area contributed by atoms with Crippen molar-refractivity contribution in [1.29, 1.82) is 0 Å². The molecule has 3 rings (SSSR count). The van der Waals surface area contributed by atoms with Crippen LogP contribution >= 0.6 is 11.6 Å². The number of benzene rings is 1. The fourth-order valence-electron chi connectivity index (χ4n) is 3.25. The second kappa shape index (κ2) is 6.82. The number of aryl methyl sites for hydroxylation is 2. The first-order valence-electron chi connectivity index (χ1n) is 8.00. The average Bonchev–Trinajstić information content (AvgIpc) is 2.80. The third-order valence-corrected chi connectivity index (χ3v) is 6.71. The topological polar surface area (TPSA) is 50.3 Å². The van der Waals surface area contributed by atoms with Gasteiger partial charge in [0, 0.05) is 17.4 Å². The molecule has 0 fully saturated rings. The van der Waals surface area contributed by atoms with Crippen molar-refractivity contribution in [2.45, 2.75) is 30.7 Å². The minimum atomic E-state index is -3.21. The lowest BCUT2D eigenvalue weighted by Gasteiger charge is -2.24. The van der Waals surface area contributed by atoms with Crippen molar-refractivity contribution in [2.24, 2.45) is 0 Å². The van der Waals surface area contributed by atoms with E-state index in [1.54, 1.807) is 24.4 Å². The Morgan fingerprint density at radius 2 is 2.12 bits per heavy atom. The summed E-state index contributed by atoms with van der Waals surface area (Å²) in [5, 5.41) is 0.579. The molecule has 24 heavy (non-hydrogen) atoms. The molecule has 4 nitrogen and oxygen atoms in total. The minimum Gasteiger partial charge on any atom is -0.298 e. The first-order chi connectivity index (χ1) is 11.4. The zero-order valence-corrected chi connectivity index (χ0v) is 15.4. The minimum absolute atomic E-state index is 0.126. The summed E-state index contributed by atoms with van der Waals surface area (Å²) < 4.78 is 24.7. The van der Waals surface area contributed by atoms with Crippen LogP contribution in [0.15, 0.2) is 41.6 Å². The largest absolute Gasteiger partial charge is 0.298 e. The highest BCUT2D eigenvalue weighted by molar-refractivity contribution is 7.91. The summed E-state index contributed by atoms with van der Waals surface area (Å²) in [4.78, 5) is 6.71. The van der Waals surface area contributed by atoms with Gasteiger partial charge in [0.25, 0.3) is 0 Å². The van der Waals surface area contributed by atoms with Gasteiger partial charge in [-0.15, -0.1) is 0 Å². The lowest BCUT2D eigenvalue weighted by Crippen LogP contribution is -2.27. The lowest BCUT2D eigenvalue weighted by molar-refractivity contribution is 0.262. The highest BCUT2D eigenvalue weighted by Crippen LogP contribution is 2.38. The highest BCUT2D eigenvalue weighted by atomic mass is 35.5. The summed E-state index contributed by atoms with van der Waals surface area (Å²) in [7, 11) is -1.23. The smallest absolute Gasteiger partial charge is 0.180 e. The molecule has 1 unspecified atom stereocenters. The molecule has 0 radical (unpaired) electrons. The Hall–Kier alpha value is -1.43. The van der Waals surface area contributed by atoms with Crippen LogP contribution in [0.1, 0.15) is 29.2 Å². The molecule has 2 aromatic rings. The van der Waals surface area contributed by atoms with Gasteiger partial charge in [-0.3, -0.25) is 9.88 Å². The van der Waals surface area contributed by atoms with Gasteiger partial charge < -0.3 is 0 Å². The molecule has 1 aromatic heterocycles. The third-order valence-electron chi connectivity index (χ3n) is 4.68. The fraction of sp³-hybridized carbons (Fsp3) is 0.389. The zero-order valence-electron chi connectivity index (χ0n) is 13.9. The molecule has 0 spiro atoms. The van der Waals surface area contributed by atoms with E-state index in [2.05, 4.69) is 16.8 Å². The van der Waals surface area contributed by atoms with Crippen LogP contribution in [0, 0.1) is 6.92 Å². The molecular weight excluding hydrogens is 344 g/mol. The maximum Gasteiger partial charge on any atom is 0.180 e. The summed E-state index contributed by atoms with van der Waals surface area (Å²) in [6, 6.07) is 6.94. The first kappa shape index (κ1) is 17.4. The molecule has 0 saturated carbocycles. The van der Waals surface area contributed by atoms with Crippen LogP contribution in [0.3, 0.4) is 0 Å². The Morgan fingerprint density at radius 1 is 1.33 bits per heavy atom. The highest BCUT2D eigenvalue weighted by Gasteiger charge is 2.36. The van der Waals surface area contributed by atoms with E-state index in [-0.39, 0.29) is 11.8 Å². The van der Waals surface area contributed by atoms with Crippen LogP contribution < -0.4 is 0 Å². The predicted octanol–water partition coefficient (Wildman–Crippen LogP) is 3.44. The Labute approximate surface area is 148 Å². The molecule has 0 N–H and O–H groups in total. The SMILES string of the molecule is Cc1ccncc1CCCN(C)C1CS(=O)(=O)c2ccc(Cl)cc21. The Balaban J connectivity index is 1.69. The molecule has 2 heterocycles. The van der Waals surface area contributed by atoms with Gasteiger partial charge in [0.15, 0.2) is 9.84 Å². The van der Waals surface area contributed by atoms with Crippen LogP contribution in [-0.2, 0) is 16.3 Å². The first-order valence-corrected chi connectivity index (χ1v) is 10.0. The number of hydrogen-bond acceptors (Lipinski definition) is 4. The second-order valence-electron chi connectivity index (χ2n) is 6.37. The standard InChI is InChI=1S/C18H21ClN2O2S/c1-13-7-8-20-11-14(13)4-3-9-21(2)17-12-24(22,23)18-6-5-15(19)10-16(17)18/h5-8,10-11,17H,3-4,9,12H2,1-2H3.